The quantitative estimate of drug-likeness (QED) is 0.431. The van der Waals surface area contributed by atoms with E-state index in [1.807, 2.05) is 42.6 Å². The molecule has 0 fully saturated rings. The second-order valence-corrected chi connectivity index (χ2v) is 9.24. The summed E-state index contributed by atoms with van der Waals surface area (Å²) in [4.78, 5) is 4.56. The zero-order chi connectivity index (χ0) is 21.6. The first-order valence-corrected chi connectivity index (χ1v) is 11.6. The standard InChI is InChI=1S/C21H24ClN5O2S/c1-23-21(24-12-11-16-3-9-20(10-4-16)30(2,28)29)25-13-17-14-26-27(15-17)19-7-5-18(22)6-8-19/h3-10,14-15H,11-13H2,1-2H3,(H2,23,24,25). The number of rotatable bonds is 7. The van der Waals surface area contributed by atoms with Crippen LogP contribution in [0.1, 0.15) is 11.1 Å². The number of benzene rings is 2. The highest BCUT2D eigenvalue weighted by Crippen LogP contribution is 2.13. The largest absolute Gasteiger partial charge is 0.356 e. The molecule has 0 aliphatic carbocycles. The lowest BCUT2D eigenvalue weighted by Gasteiger charge is -2.11. The van der Waals surface area contributed by atoms with Crippen LogP contribution in [0.3, 0.4) is 0 Å². The van der Waals surface area contributed by atoms with Crippen LogP contribution >= 0.6 is 11.6 Å². The van der Waals surface area contributed by atoms with Crippen molar-refractivity contribution in [2.75, 3.05) is 19.8 Å². The van der Waals surface area contributed by atoms with Crippen LogP contribution in [0.4, 0.5) is 0 Å². The predicted molar refractivity (Wildman–Crippen MR) is 120 cm³/mol. The highest BCUT2D eigenvalue weighted by Gasteiger charge is 2.06. The van der Waals surface area contributed by atoms with Crippen molar-refractivity contribution in [1.82, 2.24) is 20.4 Å². The number of guanidine groups is 1. The van der Waals surface area contributed by atoms with E-state index >= 15 is 0 Å². The predicted octanol–water partition coefficient (Wildman–Crippen LogP) is 2.84. The van der Waals surface area contributed by atoms with Crippen LogP contribution in [-0.4, -0.2) is 44.0 Å². The number of nitrogens with zero attached hydrogens (tertiary/aromatic N) is 3. The van der Waals surface area contributed by atoms with Gasteiger partial charge in [0.05, 0.1) is 16.8 Å². The molecule has 0 atom stereocenters. The minimum Gasteiger partial charge on any atom is -0.356 e. The minimum absolute atomic E-state index is 0.329. The minimum atomic E-state index is -3.17. The first-order chi connectivity index (χ1) is 14.3. The molecule has 1 heterocycles. The molecule has 0 aliphatic heterocycles. The van der Waals surface area contributed by atoms with E-state index in [-0.39, 0.29) is 0 Å². The van der Waals surface area contributed by atoms with Crippen LogP contribution in [0.25, 0.3) is 5.69 Å². The number of halogens is 1. The second-order valence-electron chi connectivity index (χ2n) is 6.79. The molecule has 7 nitrogen and oxygen atoms in total. The van der Waals surface area contributed by atoms with Crippen LogP contribution in [0.2, 0.25) is 5.02 Å². The highest BCUT2D eigenvalue weighted by atomic mass is 35.5. The molecular formula is C21H24ClN5O2S. The van der Waals surface area contributed by atoms with Crippen molar-refractivity contribution in [3.05, 3.63) is 77.1 Å². The van der Waals surface area contributed by atoms with Gasteiger partial charge in [-0.25, -0.2) is 13.1 Å². The van der Waals surface area contributed by atoms with E-state index in [1.54, 1.807) is 30.1 Å². The topological polar surface area (TPSA) is 88.4 Å². The van der Waals surface area contributed by atoms with E-state index < -0.39 is 9.84 Å². The highest BCUT2D eigenvalue weighted by molar-refractivity contribution is 7.90. The van der Waals surface area contributed by atoms with E-state index in [0.717, 1.165) is 23.2 Å². The third-order valence-electron chi connectivity index (χ3n) is 4.47. The molecule has 0 spiro atoms. The normalized spacial score (nSPS) is 12.0. The molecule has 0 unspecified atom stereocenters. The Bertz CT molecular complexity index is 1110. The second kappa shape index (κ2) is 9.77. The Labute approximate surface area is 181 Å². The van der Waals surface area contributed by atoms with E-state index in [4.69, 9.17) is 11.6 Å². The zero-order valence-corrected chi connectivity index (χ0v) is 18.4. The maximum absolute atomic E-state index is 11.5. The van der Waals surface area contributed by atoms with Gasteiger partial charge in [-0.15, -0.1) is 0 Å². The summed E-state index contributed by atoms with van der Waals surface area (Å²) >= 11 is 5.93. The van der Waals surface area contributed by atoms with Crippen molar-refractivity contribution >= 4 is 27.4 Å². The summed E-state index contributed by atoms with van der Waals surface area (Å²) in [6.07, 6.45) is 5.71. The summed E-state index contributed by atoms with van der Waals surface area (Å²) < 4.78 is 24.8. The van der Waals surface area contributed by atoms with Gasteiger partial charge < -0.3 is 10.6 Å². The Balaban J connectivity index is 1.48. The summed E-state index contributed by atoms with van der Waals surface area (Å²) in [7, 11) is -1.45. The van der Waals surface area contributed by atoms with Gasteiger partial charge in [0.1, 0.15) is 0 Å². The summed E-state index contributed by atoms with van der Waals surface area (Å²) in [5.74, 6) is 0.682. The molecule has 2 N–H and O–H groups in total. The Kier molecular flexibility index (Phi) is 7.12. The number of hydrogen-bond donors (Lipinski definition) is 2. The van der Waals surface area contributed by atoms with Crippen molar-refractivity contribution in [2.45, 2.75) is 17.9 Å². The maximum Gasteiger partial charge on any atom is 0.191 e. The SMILES string of the molecule is CN=C(NCCc1ccc(S(C)(=O)=O)cc1)NCc1cnn(-c2ccc(Cl)cc2)c1. The molecule has 0 saturated carbocycles. The van der Waals surface area contributed by atoms with Crippen LogP contribution < -0.4 is 10.6 Å². The van der Waals surface area contributed by atoms with Gasteiger partial charge in [0.25, 0.3) is 0 Å². The monoisotopic (exact) mass is 445 g/mol. The molecule has 3 aromatic rings. The number of aromatic nitrogens is 2. The molecule has 3 rings (SSSR count). The maximum atomic E-state index is 11.5. The lowest BCUT2D eigenvalue weighted by Crippen LogP contribution is -2.37. The summed E-state index contributed by atoms with van der Waals surface area (Å²) in [5, 5.41) is 11.6. The van der Waals surface area contributed by atoms with E-state index in [1.165, 1.54) is 6.26 Å². The average Bonchev–Trinajstić information content (AvgIpc) is 3.20. The van der Waals surface area contributed by atoms with Crippen molar-refractivity contribution in [3.63, 3.8) is 0 Å². The van der Waals surface area contributed by atoms with Crippen molar-refractivity contribution in [1.29, 1.82) is 0 Å². The Morgan fingerprint density at radius 2 is 1.77 bits per heavy atom. The van der Waals surface area contributed by atoms with Gasteiger partial charge in [-0.2, -0.15) is 5.10 Å². The Morgan fingerprint density at radius 3 is 2.40 bits per heavy atom. The summed E-state index contributed by atoms with van der Waals surface area (Å²) in [6.45, 7) is 1.25. The lowest BCUT2D eigenvalue weighted by atomic mass is 10.1. The molecule has 0 aliphatic rings. The third-order valence-corrected chi connectivity index (χ3v) is 5.85. The van der Waals surface area contributed by atoms with Crippen LogP contribution in [-0.2, 0) is 22.8 Å². The van der Waals surface area contributed by atoms with Crippen molar-refractivity contribution in [2.24, 2.45) is 4.99 Å². The lowest BCUT2D eigenvalue weighted by molar-refractivity contribution is 0.602. The number of sulfone groups is 1. The van der Waals surface area contributed by atoms with Crippen LogP contribution in [0.5, 0.6) is 0 Å². The van der Waals surface area contributed by atoms with Crippen molar-refractivity contribution < 1.29 is 8.42 Å². The molecule has 0 amide bonds. The molecule has 2 aromatic carbocycles. The van der Waals surface area contributed by atoms with E-state index in [2.05, 4.69) is 20.7 Å². The molecule has 0 radical (unpaired) electrons. The van der Waals surface area contributed by atoms with Gasteiger partial charge >= 0.3 is 0 Å². The van der Waals surface area contributed by atoms with Gasteiger partial charge in [0.15, 0.2) is 15.8 Å². The van der Waals surface area contributed by atoms with Gasteiger partial charge in [-0.05, 0) is 48.4 Å². The number of hydrogen-bond acceptors (Lipinski definition) is 4. The Hall–Kier alpha value is -2.84. The third kappa shape index (κ3) is 6.08. The first kappa shape index (κ1) is 21.9. The van der Waals surface area contributed by atoms with Gasteiger partial charge in [-0.3, -0.25) is 4.99 Å². The number of aliphatic imine (C=N–C) groups is 1. The fourth-order valence-electron chi connectivity index (χ4n) is 2.82. The Morgan fingerprint density at radius 1 is 1.07 bits per heavy atom. The molecule has 9 heteroatoms. The molecule has 0 saturated heterocycles. The zero-order valence-electron chi connectivity index (χ0n) is 16.8. The molecular weight excluding hydrogens is 422 g/mol. The van der Waals surface area contributed by atoms with E-state index in [9.17, 15) is 8.42 Å². The fraction of sp³-hybridized carbons (Fsp3) is 0.238. The average molecular weight is 446 g/mol. The van der Waals surface area contributed by atoms with Gasteiger partial charge in [-0.1, -0.05) is 23.7 Å². The van der Waals surface area contributed by atoms with Gasteiger partial charge in [0.2, 0.25) is 0 Å². The molecule has 30 heavy (non-hydrogen) atoms. The first-order valence-electron chi connectivity index (χ1n) is 9.38. The summed E-state index contributed by atoms with van der Waals surface area (Å²) in [5.41, 5.74) is 3.01. The molecule has 0 bridgehead atoms. The summed E-state index contributed by atoms with van der Waals surface area (Å²) in [6, 6.07) is 14.4. The van der Waals surface area contributed by atoms with Gasteiger partial charge in [0, 0.05) is 43.2 Å². The van der Waals surface area contributed by atoms with Crippen molar-refractivity contribution in [3.8, 4) is 5.69 Å². The van der Waals surface area contributed by atoms with Crippen LogP contribution in [0, 0.1) is 0 Å². The fourth-order valence-corrected chi connectivity index (χ4v) is 3.58. The number of nitrogens with one attached hydrogen (secondary N) is 2. The van der Waals surface area contributed by atoms with Crippen LogP contribution in [0.15, 0.2) is 70.8 Å². The smallest absolute Gasteiger partial charge is 0.191 e. The molecule has 158 valence electrons. The van der Waals surface area contributed by atoms with E-state index in [0.29, 0.717) is 29.0 Å². The molecule has 1 aromatic heterocycles.